The molecule has 0 amide bonds. The minimum Gasteiger partial charge on any atom is -0.481 e. The molecule has 1 N–H and O–H groups in total. The molecule has 0 aromatic heterocycles. The number of unbranched alkanes of at least 4 members (excludes halogenated alkanes) is 1. The molecular formula is C14H17NO2. The second-order valence-electron chi connectivity index (χ2n) is 4.52. The molecule has 0 fully saturated rings. The Morgan fingerprint density at radius 3 is 2.76 bits per heavy atom. The van der Waals surface area contributed by atoms with Crippen LogP contribution in [0.5, 0.6) is 0 Å². The lowest BCUT2D eigenvalue weighted by Gasteiger charge is -2.25. The van der Waals surface area contributed by atoms with Crippen molar-refractivity contribution >= 4 is 5.97 Å². The number of carbonyl (C=O) groups is 1. The van der Waals surface area contributed by atoms with E-state index in [9.17, 15) is 9.90 Å². The van der Waals surface area contributed by atoms with Crippen LogP contribution < -0.4 is 0 Å². The summed E-state index contributed by atoms with van der Waals surface area (Å²) in [6.07, 6.45) is 1.49. The van der Waals surface area contributed by atoms with Crippen molar-refractivity contribution < 1.29 is 9.90 Å². The first-order valence-corrected chi connectivity index (χ1v) is 5.68. The van der Waals surface area contributed by atoms with Crippen LogP contribution in [-0.4, -0.2) is 11.1 Å². The molecule has 1 rings (SSSR count). The third kappa shape index (κ3) is 3.07. The molecule has 17 heavy (non-hydrogen) atoms. The average molecular weight is 231 g/mol. The van der Waals surface area contributed by atoms with E-state index in [1.807, 2.05) is 37.3 Å². The van der Waals surface area contributed by atoms with Gasteiger partial charge >= 0.3 is 5.97 Å². The number of aryl methyl sites for hydroxylation is 1. The Morgan fingerprint density at radius 2 is 2.24 bits per heavy atom. The third-order valence-corrected chi connectivity index (χ3v) is 3.09. The molecular weight excluding hydrogens is 214 g/mol. The van der Waals surface area contributed by atoms with Gasteiger partial charge in [0.1, 0.15) is 0 Å². The molecule has 90 valence electrons. The van der Waals surface area contributed by atoms with Crippen LogP contribution in [0.3, 0.4) is 0 Å². The minimum absolute atomic E-state index is 0.398. The van der Waals surface area contributed by atoms with Crippen molar-refractivity contribution in [2.75, 3.05) is 0 Å². The van der Waals surface area contributed by atoms with Crippen molar-refractivity contribution in [3.63, 3.8) is 0 Å². The Morgan fingerprint density at radius 1 is 1.53 bits per heavy atom. The number of carboxylic acids is 1. The average Bonchev–Trinajstić information content (AvgIpc) is 2.29. The van der Waals surface area contributed by atoms with Crippen molar-refractivity contribution in [2.45, 2.75) is 38.5 Å². The summed E-state index contributed by atoms with van der Waals surface area (Å²) >= 11 is 0. The van der Waals surface area contributed by atoms with Crippen LogP contribution in [0.25, 0.3) is 0 Å². The van der Waals surface area contributed by atoms with Gasteiger partial charge in [0.25, 0.3) is 0 Å². The molecule has 0 radical (unpaired) electrons. The predicted molar refractivity (Wildman–Crippen MR) is 65.6 cm³/mol. The van der Waals surface area contributed by atoms with Crippen LogP contribution in [0, 0.1) is 18.3 Å². The Labute approximate surface area is 102 Å². The highest BCUT2D eigenvalue weighted by Crippen LogP contribution is 2.30. The van der Waals surface area contributed by atoms with E-state index in [-0.39, 0.29) is 0 Å². The van der Waals surface area contributed by atoms with Gasteiger partial charge in [-0.3, -0.25) is 4.79 Å². The summed E-state index contributed by atoms with van der Waals surface area (Å²) in [5, 5.41) is 17.9. The second-order valence-corrected chi connectivity index (χ2v) is 4.52. The highest BCUT2D eigenvalue weighted by molar-refractivity contribution is 5.80. The molecule has 3 heteroatoms. The molecule has 0 saturated heterocycles. The number of aliphatic carboxylic acids is 1. The van der Waals surface area contributed by atoms with E-state index in [1.54, 1.807) is 6.92 Å². The Hall–Kier alpha value is -1.82. The standard InChI is InChI=1S/C14H17NO2/c1-11-6-5-7-12(10-11)14(2,13(16)17)8-3-4-9-15/h5-7,10H,3-4,8H2,1-2H3,(H,16,17). The lowest BCUT2D eigenvalue weighted by Crippen LogP contribution is -2.32. The molecule has 0 spiro atoms. The molecule has 1 aromatic rings. The van der Waals surface area contributed by atoms with Crippen LogP contribution in [0.2, 0.25) is 0 Å². The molecule has 1 unspecified atom stereocenters. The van der Waals surface area contributed by atoms with Gasteiger partial charge in [0.05, 0.1) is 11.5 Å². The number of nitrogens with zero attached hydrogens (tertiary/aromatic N) is 1. The number of hydrogen-bond donors (Lipinski definition) is 1. The predicted octanol–water partition coefficient (Wildman–Crippen LogP) is 3.03. The van der Waals surface area contributed by atoms with E-state index < -0.39 is 11.4 Å². The van der Waals surface area contributed by atoms with Crippen LogP contribution >= 0.6 is 0 Å². The fraction of sp³-hybridized carbons (Fsp3) is 0.429. The summed E-state index contributed by atoms with van der Waals surface area (Å²) in [5.74, 6) is -0.832. The number of benzene rings is 1. The third-order valence-electron chi connectivity index (χ3n) is 3.09. The van der Waals surface area contributed by atoms with E-state index in [4.69, 9.17) is 5.26 Å². The first kappa shape index (κ1) is 13.2. The van der Waals surface area contributed by atoms with E-state index in [0.29, 0.717) is 19.3 Å². The highest BCUT2D eigenvalue weighted by Gasteiger charge is 2.34. The molecule has 0 aliphatic heterocycles. The lowest BCUT2D eigenvalue weighted by molar-refractivity contribution is -0.143. The Bertz CT molecular complexity index is 448. The zero-order chi connectivity index (χ0) is 12.9. The summed E-state index contributed by atoms with van der Waals surface area (Å²) in [5.41, 5.74) is 0.960. The minimum atomic E-state index is -0.900. The topological polar surface area (TPSA) is 61.1 Å². The molecule has 1 atom stereocenters. The fourth-order valence-corrected chi connectivity index (χ4v) is 1.88. The van der Waals surface area contributed by atoms with Gasteiger partial charge in [-0.05, 0) is 32.3 Å². The first-order chi connectivity index (χ1) is 8.00. The quantitative estimate of drug-likeness (QED) is 0.792. The monoisotopic (exact) mass is 231 g/mol. The van der Waals surface area contributed by atoms with E-state index >= 15 is 0 Å². The van der Waals surface area contributed by atoms with Gasteiger partial charge in [-0.2, -0.15) is 5.26 Å². The maximum atomic E-state index is 11.4. The van der Waals surface area contributed by atoms with Gasteiger partial charge in [0.15, 0.2) is 0 Å². The maximum Gasteiger partial charge on any atom is 0.313 e. The summed E-state index contributed by atoms with van der Waals surface area (Å²) in [6, 6.07) is 9.61. The van der Waals surface area contributed by atoms with Crippen molar-refractivity contribution in [1.82, 2.24) is 0 Å². The van der Waals surface area contributed by atoms with Gasteiger partial charge in [-0.1, -0.05) is 29.8 Å². The van der Waals surface area contributed by atoms with Crippen LogP contribution in [0.1, 0.15) is 37.3 Å². The number of nitriles is 1. The van der Waals surface area contributed by atoms with Gasteiger partial charge < -0.3 is 5.11 Å². The zero-order valence-electron chi connectivity index (χ0n) is 10.2. The molecule has 1 aromatic carbocycles. The normalized spacial score (nSPS) is 13.7. The van der Waals surface area contributed by atoms with Gasteiger partial charge in [-0.15, -0.1) is 0 Å². The Balaban J connectivity index is 2.99. The fourth-order valence-electron chi connectivity index (χ4n) is 1.88. The molecule has 3 nitrogen and oxygen atoms in total. The molecule has 0 saturated carbocycles. The van der Waals surface area contributed by atoms with Gasteiger partial charge in [0, 0.05) is 6.42 Å². The summed E-state index contributed by atoms with van der Waals surface area (Å²) in [6.45, 7) is 3.67. The molecule has 0 aliphatic carbocycles. The van der Waals surface area contributed by atoms with Gasteiger partial charge in [-0.25, -0.2) is 0 Å². The van der Waals surface area contributed by atoms with Crippen molar-refractivity contribution in [3.05, 3.63) is 35.4 Å². The van der Waals surface area contributed by atoms with Crippen molar-refractivity contribution in [1.29, 1.82) is 5.26 Å². The number of carboxylic acid groups (broad SMARTS) is 1. The molecule has 0 bridgehead atoms. The first-order valence-electron chi connectivity index (χ1n) is 5.68. The van der Waals surface area contributed by atoms with Crippen molar-refractivity contribution in [3.8, 4) is 6.07 Å². The van der Waals surface area contributed by atoms with Gasteiger partial charge in [0.2, 0.25) is 0 Å². The Kier molecular flexibility index (Phi) is 4.28. The summed E-state index contributed by atoms with van der Waals surface area (Å²) < 4.78 is 0. The number of rotatable bonds is 5. The maximum absolute atomic E-state index is 11.4. The second kappa shape index (κ2) is 5.49. The van der Waals surface area contributed by atoms with Crippen LogP contribution in [-0.2, 0) is 10.2 Å². The largest absolute Gasteiger partial charge is 0.481 e. The SMILES string of the molecule is Cc1cccc(C(C)(CCCC#N)C(=O)O)c1. The van der Waals surface area contributed by atoms with Crippen molar-refractivity contribution in [2.24, 2.45) is 0 Å². The van der Waals surface area contributed by atoms with Crippen LogP contribution in [0.4, 0.5) is 0 Å². The smallest absolute Gasteiger partial charge is 0.313 e. The summed E-state index contributed by atoms with van der Waals surface area (Å²) in [7, 11) is 0. The van der Waals surface area contributed by atoms with E-state index in [0.717, 1.165) is 11.1 Å². The summed E-state index contributed by atoms with van der Waals surface area (Å²) in [4.78, 5) is 11.4. The number of hydrogen-bond acceptors (Lipinski definition) is 2. The van der Waals surface area contributed by atoms with E-state index in [2.05, 4.69) is 0 Å². The lowest BCUT2D eigenvalue weighted by atomic mass is 9.78. The zero-order valence-corrected chi connectivity index (χ0v) is 10.2. The van der Waals surface area contributed by atoms with E-state index in [1.165, 1.54) is 0 Å². The van der Waals surface area contributed by atoms with Crippen LogP contribution in [0.15, 0.2) is 24.3 Å². The highest BCUT2D eigenvalue weighted by atomic mass is 16.4. The molecule has 0 aliphatic rings. The molecule has 0 heterocycles.